The molecule has 0 aromatic heterocycles. The second-order valence-electron chi connectivity index (χ2n) is 6.29. The summed E-state index contributed by atoms with van der Waals surface area (Å²) >= 11 is 9.77. The minimum absolute atomic E-state index is 0.0404. The molecule has 0 saturated carbocycles. The van der Waals surface area contributed by atoms with E-state index in [1.54, 1.807) is 7.11 Å². The van der Waals surface area contributed by atoms with Gasteiger partial charge in [0.2, 0.25) is 0 Å². The molecule has 0 spiro atoms. The molecule has 1 aliphatic heterocycles. The van der Waals surface area contributed by atoms with Crippen LogP contribution in [0.2, 0.25) is 5.02 Å². The van der Waals surface area contributed by atoms with Gasteiger partial charge in [-0.05, 0) is 41.5 Å². The minimum Gasteiger partial charge on any atom is -0.497 e. The van der Waals surface area contributed by atoms with Crippen LogP contribution in [0.3, 0.4) is 0 Å². The van der Waals surface area contributed by atoms with E-state index in [1.807, 2.05) is 24.3 Å². The van der Waals surface area contributed by atoms with E-state index in [9.17, 15) is 5.26 Å². The number of morpholine rings is 1. The van der Waals surface area contributed by atoms with Gasteiger partial charge >= 0.3 is 0 Å². The lowest BCUT2D eigenvalue weighted by atomic mass is 9.99. The van der Waals surface area contributed by atoms with E-state index >= 15 is 0 Å². The van der Waals surface area contributed by atoms with Crippen molar-refractivity contribution in [2.24, 2.45) is 0 Å². The van der Waals surface area contributed by atoms with Crippen molar-refractivity contribution < 1.29 is 9.47 Å². The van der Waals surface area contributed by atoms with E-state index in [1.165, 1.54) is 5.56 Å². The zero-order valence-electron chi connectivity index (χ0n) is 14.5. The van der Waals surface area contributed by atoms with Gasteiger partial charge in [0, 0.05) is 22.1 Å². The van der Waals surface area contributed by atoms with E-state index in [0.717, 1.165) is 22.3 Å². The maximum Gasteiger partial charge on any atom is 0.118 e. The fourth-order valence-electron chi connectivity index (χ4n) is 3.28. The quantitative estimate of drug-likeness (QED) is 0.665. The SMILES string of the molecule is COc1ccc(CN2[C@H](CC#N)COC[C@H]2c2cc(Cl)cc(Br)c2)cc1. The third-order valence-corrected chi connectivity index (χ3v) is 5.25. The van der Waals surface area contributed by atoms with Gasteiger partial charge in [0.25, 0.3) is 0 Å². The molecule has 0 unspecified atom stereocenters. The highest BCUT2D eigenvalue weighted by Crippen LogP contribution is 2.33. The second kappa shape index (κ2) is 8.88. The number of benzene rings is 2. The molecule has 1 saturated heterocycles. The highest BCUT2D eigenvalue weighted by Gasteiger charge is 2.32. The Hall–Kier alpha value is -1.58. The molecule has 26 heavy (non-hydrogen) atoms. The van der Waals surface area contributed by atoms with Crippen LogP contribution in [0, 0.1) is 11.3 Å². The average Bonchev–Trinajstić information content (AvgIpc) is 2.63. The number of halogens is 2. The lowest BCUT2D eigenvalue weighted by Gasteiger charge is -2.41. The Morgan fingerprint density at radius 3 is 2.69 bits per heavy atom. The van der Waals surface area contributed by atoms with Crippen LogP contribution in [-0.4, -0.2) is 31.3 Å². The third kappa shape index (κ3) is 4.57. The van der Waals surface area contributed by atoms with Gasteiger partial charge in [-0.2, -0.15) is 5.26 Å². The Bertz CT molecular complexity index is 771. The normalized spacial score (nSPS) is 20.5. The lowest BCUT2D eigenvalue weighted by Crippen LogP contribution is -2.46. The number of rotatable bonds is 5. The van der Waals surface area contributed by atoms with Crippen molar-refractivity contribution in [3.63, 3.8) is 0 Å². The van der Waals surface area contributed by atoms with Crippen LogP contribution in [0.15, 0.2) is 46.9 Å². The summed E-state index contributed by atoms with van der Waals surface area (Å²) in [5, 5.41) is 9.92. The van der Waals surface area contributed by atoms with Crippen LogP contribution in [0.5, 0.6) is 5.75 Å². The molecule has 0 N–H and O–H groups in total. The number of ether oxygens (including phenoxy) is 2. The fourth-order valence-corrected chi connectivity index (χ4v) is 4.17. The Labute approximate surface area is 167 Å². The molecule has 6 heteroatoms. The largest absolute Gasteiger partial charge is 0.497 e. The summed E-state index contributed by atoms with van der Waals surface area (Å²) in [5.74, 6) is 0.833. The average molecular weight is 436 g/mol. The summed E-state index contributed by atoms with van der Waals surface area (Å²) in [6.07, 6.45) is 0.425. The summed E-state index contributed by atoms with van der Waals surface area (Å²) in [7, 11) is 1.66. The molecule has 1 heterocycles. The Kier molecular flexibility index (Phi) is 6.55. The third-order valence-electron chi connectivity index (χ3n) is 4.58. The zero-order valence-corrected chi connectivity index (χ0v) is 16.8. The molecular weight excluding hydrogens is 416 g/mol. The van der Waals surface area contributed by atoms with Crippen molar-refractivity contribution in [2.45, 2.75) is 25.0 Å². The van der Waals surface area contributed by atoms with Crippen molar-refractivity contribution in [3.05, 3.63) is 63.1 Å². The van der Waals surface area contributed by atoms with E-state index < -0.39 is 0 Å². The monoisotopic (exact) mass is 434 g/mol. The maximum atomic E-state index is 9.24. The Morgan fingerprint density at radius 1 is 1.27 bits per heavy atom. The summed E-state index contributed by atoms with van der Waals surface area (Å²) in [5.41, 5.74) is 2.25. The number of nitrogens with zero attached hydrogens (tertiary/aromatic N) is 2. The topological polar surface area (TPSA) is 45.5 Å². The molecule has 3 rings (SSSR count). The zero-order chi connectivity index (χ0) is 18.5. The van der Waals surface area contributed by atoms with Gasteiger partial charge in [0.15, 0.2) is 0 Å². The first-order chi connectivity index (χ1) is 12.6. The molecule has 2 aromatic carbocycles. The predicted octanol–water partition coefficient (Wildman–Crippen LogP) is 4.97. The smallest absolute Gasteiger partial charge is 0.118 e. The number of hydrogen-bond acceptors (Lipinski definition) is 4. The van der Waals surface area contributed by atoms with Crippen molar-refractivity contribution in [2.75, 3.05) is 20.3 Å². The van der Waals surface area contributed by atoms with Crippen LogP contribution in [0.25, 0.3) is 0 Å². The van der Waals surface area contributed by atoms with E-state index in [-0.39, 0.29) is 12.1 Å². The van der Waals surface area contributed by atoms with E-state index in [4.69, 9.17) is 21.1 Å². The summed E-state index contributed by atoms with van der Waals surface area (Å²) in [4.78, 5) is 2.34. The number of hydrogen-bond donors (Lipinski definition) is 0. The summed E-state index contributed by atoms with van der Waals surface area (Å²) in [6.45, 7) is 1.86. The fraction of sp³-hybridized carbons (Fsp3) is 0.350. The van der Waals surface area contributed by atoms with Crippen molar-refractivity contribution in [1.82, 2.24) is 4.90 Å². The van der Waals surface area contributed by atoms with Crippen molar-refractivity contribution in [1.29, 1.82) is 5.26 Å². The molecule has 0 bridgehead atoms. The van der Waals surface area contributed by atoms with Crippen LogP contribution in [0.1, 0.15) is 23.6 Å². The maximum absolute atomic E-state index is 9.24. The summed E-state index contributed by atoms with van der Waals surface area (Å²) < 4.78 is 12.0. The molecule has 1 aliphatic rings. The molecule has 2 atom stereocenters. The molecule has 2 aromatic rings. The van der Waals surface area contributed by atoms with Gasteiger partial charge in [-0.1, -0.05) is 39.7 Å². The first-order valence-electron chi connectivity index (χ1n) is 8.40. The Morgan fingerprint density at radius 2 is 2.04 bits per heavy atom. The van der Waals surface area contributed by atoms with Crippen molar-refractivity contribution in [3.8, 4) is 11.8 Å². The second-order valence-corrected chi connectivity index (χ2v) is 7.64. The highest BCUT2D eigenvalue weighted by atomic mass is 79.9. The Balaban J connectivity index is 1.90. The molecule has 1 fully saturated rings. The van der Waals surface area contributed by atoms with Crippen LogP contribution in [-0.2, 0) is 11.3 Å². The van der Waals surface area contributed by atoms with Gasteiger partial charge < -0.3 is 9.47 Å². The first-order valence-corrected chi connectivity index (χ1v) is 9.57. The van der Waals surface area contributed by atoms with Gasteiger partial charge in [0.05, 0.1) is 38.9 Å². The molecule has 0 amide bonds. The van der Waals surface area contributed by atoms with Gasteiger partial charge in [0.1, 0.15) is 5.75 Å². The first kappa shape index (κ1) is 19.2. The number of methoxy groups -OCH3 is 1. The minimum atomic E-state index is 0.0404. The molecule has 4 nitrogen and oxygen atoms in total. The standard InChI is InChI=1S/C20H20BrClN2O2/c1-25-19-4-2-14(3-5-19)11-24-18(6-7-23)12-26-13-20(24)15-8-16(21)10-17(22)9-15/h2-5,8-10,18,20H,6,11-13H2,1H3/t18-,20+/m1/s1. The molecule has 0 radical (unpaired) electrons. The van der Waals surface area contributed by atoms with Crippen molar-refractivity contribution >= 4 is 27.5 Å². The van der Waals surface area contributed by atoms with E-state index in [0.29, 0.717) is 24.7 Å². The van der Waals surface area contributed by atoms with Gasteiger partial charge in [-0.3, -0.25) is 4.90 Å². The molecule has 136 valence electrons. The highest BCUT2D eigenvalue weighted by molar-refractivity contribution is 9.10. The summed E-state index contributed by atoms with van der Waals surface area (Å²) in [6, 6.07) is 16.3. The number of nitriles is 1. The van der Waals surface area contributed by atoms with Crippen LogP contribution >= 0.6 is 27.5 Å². The van der Waals surface area contributed by atoms with Crippen LogP contribution in [0.4, 0.5) is 0 Å². The lowest BCUT2D eigenvalue weighted by molar-refractivity contribution is -0.0538. The van der Waals surface area contributed by atoms with Crippen LogP contribution < -0.4 is 4.74 Å². The molecular formula is C20H20BrClN2O2. The van der Waals surface area contributed by atoms with Gasteiger partial charge in [-0.15, -0.1) is 0 Å². The van der Waals surface area contributed by atoms with Gasteiger partial charge in [-0.25, -0.2) is 0 Å². The predicted molar refractivity (Wildman–Crippen MR) is 105 cm³/mol. The molecule has 0 aliphatic carbocycles. The van der Waals surface area contributed by atoms with E-state index in [2.05, 4.69) is 45.1 Å².